The fourth-order valence-corrected chi connectivity index (χ4v) is 1.60. The lowest BCUT2D eigenvalue weighted by Gasteiger charge is -2.19. The molecular formula is C15H23NO. The molecule has 0 heterocycles. The van der Waals surface area contributed by atoms with Crippen molar-refractivity contribution in [2.75, 3.05) is 6.54 Å². The monoisotopic (exact) mass is 233 g/mol. The second-order valence-corrected chi connectivity index (χ2v) is 5.44. The molecule has 0 atom stereocenters. The van der Waals surface area contributed by atoms with Crippen LogP contribution < -0.4 is 5.32 Å². The van der Waals surface area contributed by atoms with Crippen LogP contribution in [0.15, 0.2) is 24.3 Å². The predicted octanol–water partition coefficient (Wildman–Crippen LogP) is 3.51. The Kier molecular flexibility index (Phi) is 4.73. The largest absolute Gasteiger partial charge is 0.352 e. The normalized spacial score (nSPS) is 11.3. The Balaban J connectivity index is 2.64. The van der Waals surface area contributed by atoms with Crippen LogP contribution >= 0.6 is 0 Å². The minimum atomic E-state index is 0.0268. The van der Waals surface area contributed by atoms with Crippen molar-refractivity contribution < 1.29 is 4.79 Å². The average molecular weight is 233 g/mol. The third-order valence-corrected chi connectivity index (χ3v) is 2.83. The van der Waals surface area contributed by atoms with Crippen LogP contribution in [0.1, 0.15) is 56.5 Å². The molecule has 1 N–H and O–H groups in total. The third kappa shape index (κ3) is 4.22. The number of hydrogen-bond acceptors (Lipinski definition) is 1. The van der Waals surface area contributed by atoms with E-state index in [1.54, 1.807) is 0 Å². The second kappa shape index (κ2) is 5.85. The van der Waals surface area contributed by atoms with Gasteiger partial charge < -0.3 is 5.32 Å². The van der Waals surface area contributed by atoms with Gasteiger partial charge in [-0.1, -0.05) is 46.2 Å². The van der Waals surface area contributed by atoms with E-state index >= 15 is 0 Å². The van der Waals surface area contributed by atoms with Crippen molar-refractivity contribution in [3.63, 3.8) is 0 Å². The van der Waals surface area contributed by atoms with Crippen LogP contribution in [0.2, 0.25) is 0 Å². The first-order chi connectivity index (χ1) is 7.95. The summed E-state index contributed by atoms with van der Waals surface area (Å²) >= 11 is 0. The molecule has 1 amide bonds. The van der Waals surface area contributed by atoms with Gasteiger partial charge in [-0.25, -0.2) is 0 Å². The number of carbonyl (C=O) groups excluding carboxylic acids is 1. The molecule has 17 heavy (non-hydrogen) atoms. The fraction of sp³-hybridized carbons (Fsp3) is 0.533. The Morgan fingerprint density at radius 3 is 2.24 bits per heavy atom. The molecule has 0 radical (unpaired) electrons. The molecule has 0 aliphatic heterocycles. The summed E-state index contributed by atoms with van der Waals surface area (Å²) in [5.74, 6) is 0.0268. The van der Waals surface area contributed by atoms with Crippen LogP contribution in [-0.4, -0.2) is 12.5 Å². The number of rotatable bonds is 4. The molecule has 1 aromatic rings. The van der Waals surface area contributed by atoms with Gasteiger partial charge >= 0.3 is 0 Å². The highest BCUT2D eigenvalue weighted by Gasteiger charge is 2.13. The maximum atomic E-state index is 11.8. The van der Waals surface area contributed by atoms with Gasteiger partial charge in [0.05, 0.1) is 0 Å². The van der Waals surface area contributed by atoms with Gasteiger partial charge in [0, 0.05) is 12.1 Å². The van der Waals surface area contributed by atoms with Crippen molar-refractivity contribution >= 4 is 5.91 Å². The Morgan fingerprint density at radius 2 is 1.76 bits per heavy atom. The van der Waals surface area contributed by atoms with Crippen LogP contribution in [0.3, 0.4) is 0 Å². The first kappa shape index (κ1) is 13.8. The zero-order valence-corrected chi connectivity index (χ0v) is 11.3. The Bertz CT molecular complexity index is 360. The van der Waals surface area contributed by atoms with E-state index in [9.17, 15) is 4.79 Å². The third-order valence-electron chi connectivity index (χ3n) is 2.83. The lowest BCUT2D eigenvalue weighted by atomic mass is 9.87. The van der Waals surface area contributed by atoms with Crippen molar-refractivity contribution in [2.24, 2.45) is 0 Å². The summed E-state index contributed by atoms with van der Waals surface area (Å²) in [5, 5.41) is 2.92. The molecule has 2 nitrogen and oxygen atoms in total. The maximum absolute atomic E-state index is 11.8. The van der Waals surface area contributed by atoms with E-state index in [0.29, 0.717) is 0 Å². The van der Waals surface area contributed by atoms with Crippen molar-refractivity contribution in [1.29, 1.82) is 0 Å². The van der Waals surface area contributed by atoms with Crippen molar-refractivity contribution in [3.8, 4) is 0 Å². The van der Waals surface area contributed by atoms with Crippen LogP contribution in [-0.2, 0) is 5.41 Å². The molecular weight excluding hydrogens is 210 g/mol. The number of amides is 1. The van der Waals surface area contributed by atoms with Crippen LogP contribution in [0.4, 0.5) is 0 Å². The number of carbonyl (C=O) groups is 1. The Labute approximate surface area is 104 Å². The Hall–Kier alpha value is -1.31. The smallest absolute Gasteiger partial charge is 0.251 e. The van der Waals surface area contributed by atoms with Crippen LogP contribution in [0.25, 0.3) is 0 Å². The number of unbranched alkanes of at least 4 members (excludes halogenated alkanes) is 1. The van der Waals surface area contributed by atoms with E-state index in [2.05, 4.69) is 33.0 Å². The molecule has 2 heteroatoms. The van der Waals surface area contributed by atoms with Gasteiger partial charge in [0.2, 0.25) is 0 Å². The molecule has 0 fully saturated rings. The first-order valence-electron chi connectivity index (χ1n) is 6.34. The van der Waals surface area contributed by atoms with Crippen LogP contribution in [0, 0.1) is 0 Å². The van der Waals surface area contributed by atoms with E-state index < -0.39 is 0 Å². The van der Waals surface area contributed by atoms with E-state index in [-0.39, 0.29) is 11.3 Å². The summed E-state index contributed by atoms with van der Waals surface area (Å²) in [7, 11) is 0. The zero-order valence-electron chi connectivity index (χ0n) is 11.3. The van der Waals surface area contributed by atoms with Crippen molar-refractivity contribution in [2.45, 2.75) is 46.0 Å². The van der Waals surface area contributed by atoms with Crippen molar-refractivity contribution in [1.82, 2.24) is 5.32 Å². The predicted molar refractivity (Wildman–Crippen MR) is 72.4 cm³/mol. The van der Waals surface area contributed by atoms with Gasteiger partial charge in [-0.2, -0.15) is 0 Å². The molecule has 94 valence electrons. The summed E-state index contributed by atoms with van der Waals surface area (Å²) in [6.07, 6.45) is 2.13. The molecule has 0 aliphatic carbocycles. The number of hydrogen-bond donors (Lipinski definition) is 1. The number of benzene rings is 1. The topological polar surface area (TPSA) is 29.1 Å². The summed E-state index contributed by atoms with van der Waals surface area (Å²) in [4.78, 5) is 11.8. The maximum Gasteiger partial charge on any atom is 0.251 e. The summed E-state index contributed by atoms with van der Waals surface area (Å²) in [6.45, 7) is 9.39. The minimum absolute atomic E-state index is 0.0268. The summed E-state index contributed by atoms with van der Waals surface area (Å²) in [6, 6.07) is 7.88. The van der Waals surface area contributed by atoms with E-state index in [1.807, 2.05) is 24.3 Å². The Morgan fingerprint density at radius 1 is 1.18 bits per heavy atom. The standard InChI is InChI=1S/C15H23NO/c1-5-6-11-16-14(17)12-7-9-13(10-8-12)15(2,3)4/h7-10H,5-6,11H2,1-4H3,(H,16,17). The zero-order chi connectivity index (χ0) is 12.9. The lowest BCUT2D eigenvalue weighted by molar-refractivity contribution is 0.0953. The molecule has 0 aliphatic rings. The minimum Gasteiger partial charge on any atom is -0.352 e. The fourth-order valence-electron chi connectivity index (χ4n) is 1.60. The number of nitrogens with one attached hydrogen (secondary N) is 1. The van der Waals surface area contributed by atoms with Gasteiger partial charge in [-0.05, 0) is 29.5 Å². The van der Waals surface area contributed by atoms with E-state index in [4.69, 9.17) is 0 Å². The molecule has 0 bridgehead atoms. The molecule has 0 spiro atoms. The highest BCUT2D eigenvalue weighted by molar-refractivity contribution is 5.94. The molecule has 1 aromatic carbocycles. The van der Waals surface area contributed by atoms with Gasteiger partial charge in [-0.15, -0.1) is 0 Å². The quantitative estimate of drug-likeness (QED) is 0.792. The van der Waals surface area contributed by atoms with Crippen LogP contribution in [0.5, 0.6) is 0 Å². The lowest BCUT2D eigenvalue weighted by Crippen LogP contribution is -2.24. The molecule has 0 unspecified atom stereocenters. The second-order valence-electron chi connectivity index (χ2n) is 5.44. The first-order valence-corrected chi connectivity index (χ1v) is 6.34. The molecule has 0 saturated carbocycles. The van der Waals surface area contributed by atoms with Gasteiger partial charge in [0.15, 0.2) is 0 Å². The summed E-state index contributed by atoms with van der Waals surface area (Å²) in [5.41, 5.74) is 2.13. The highest BCUT2D eigenvalue weighted by atomic mass is 16.1. The molecule has 0 saturated heterocycles. The van der Waals surface area contributed by atoms with E-state index in [1.165, 1.54) is 5.56 Å². The molecule has 1 rings (SSSR count). The SMILES string of the molecule is CCCCNC(=O)c1ccc(C(C)(C)C)cc1. The highest BCUT2D eigenvalue weighted by Crippen LogP contribution is 2.22. The van der Waals surface area contributed by atoms with E-state index in [0.717, 1.165) is 24.9 Å². The molecule has 0 aromatic heterocycles. The van der Waals surface area contributed by atoms with Gasteiger partial charge in [0.25, 0.3) is 5.91 Å². The van der Waals surface area contributed by atoms with Crippen molar-refractivity contribution in [3.05, 3.63) is 35.4 Å². The summed E-state index contributed by atoms with van der Waals surface area (Å²) < 4.78 is 0. The van der Waals surface area contributed by atoms with Gasteiger partial charge in [-0.3, -0.25) is 4.79 Å². The average Bonchev–Trinajstić information content (AvgIpc) is 2.28. The van der Waals surface area contributed by atoms with Gasteiger partial charge in [0.1, 0.15) is 0 Å².